The van der Waals surface area contributed by atoms with Gasteiger partial charge in [-0.25, -0.2) is 0 Å². The molecule has 4 heteroatoms. The second kappa shape index (κ2) is 17.3. The van der Waals surface area contributed by atoms with Gasteiger partial charge < -0.3 is 14.7 Å². The summed E-state index contributed by atoms with van der Waals surface area (Å²) in [7, 11) is 0. The van der Waals surface area contributed by atoms with Crippen LogP contribution in [0, 0.1) is 0 Å². The number of benzene rings is 7. The molecule has 402 valence electrons. The average Bonchev–Trinajstić information content (AvgIpc) is 3.77. The van der Waals surface area contributed by atoms with E-state index < -0.39 is 0 Å². The Hall–Kier alpha value is -6.00. The SMILES string of the molecule is CC(C)(C)c1ccc(N2c3cc(N4c5ccc(C(C)(C)C)cc5C5(C)CCCCC45C)ccc3B3c4cc5c(cc4N(c4ccc(C(C)(C)C)cc4-c4ccccc4)c4cc(C(C)(C)C)cc2c43)C(C)(C)CCC5(C)C)cc1. The topological polar surface area (TPSA) is 9.72 Å². The highest BCUT2D eigenvalue weighted by atomic mass is 15.3. The Balaban J connectivity index is 1.20. The zero-order valence-corrected chi connectivity index (χ0v) is 50.9. The Morgan fingerprint density at radius 1 is 0.385 bits per heavy atom. The molecule has 12 rings (SSSR count). The summed E-state index contributed by atoms with van der Waals surface area (Å²) in [5, 5.41) is 0. The number of fused-ring (bicyclic) bond motifs is 8. The normalized spacial score (nSPS) is 21.1. The predicted molar refractivity (Wildman–Crippen MR) is 339 cm³/mol. The molecule has 5 aliphatic rings. The van der Waals surface area contributed by atoms with E-state index in [-0.39, 0.29) is 50.2 Å². The summed E-state index contributed by atoms with van der Waals surface area (Å²) in [4.78, 5) is 8.23. The van der Waals surface area contributed by atoms with Crippen molar-refractivity contribution in [3.63, 3.8) is 0 Å². The molecule has 3 heterocycles. The highest BCUT2D eigenvalue weighted by Gasteiger charge is 2.58. The summed E-state index contributed by atoms with van der Waals surface area (Å²) in [6, 6.07) is 54.0. The molecule has 0 saturated heterocycles. The van der Waals surface area contributed by atoms with Crippen LogP contribution in [0.4, 0.5) is 45.5 Å². The van der Waals surface area contributed by atoms with Crippen LogP contribution in [-0.4, -0.2) is 12.3 Å². The summed E-state index contributed by atoms with van der Waals surface area (Å²) in [6.07, 6.45) is 7.17. The van der Waals surface area contributed by atoms with E-state index in [1.165, 1.54) is 131 Å². The molecular weight excluding hydrogens is 942 g/mol. The molecule has 7 aromatic carbocycles. The number of nitrogens with zero attached hydrogens (tertiary/aromatic N) is 3. The van der Waals surface area contributed by atoms with Crippen molar-refractivity contribution in [3.8, 4) is 11.1 Å². The number of rotatable bonds is 4. The molecule has 0 radical (unpaired) electrons. The van der Waals surface area contributed by atoms with Gasteiger partial charge in [0.1, 0.15) is 0 Å². The fourth-order valence-electron chi connectivity index (χ4n) is 14.9. The van der Waals surface area contributed by atoms with E-state index in [0.29, 0.717) is 0 Å². The minimum absolute atomic E-state index is 0.0124. The van der Waals surface area contributed by atoms with E-state index in [1.807, 2.05) is 0 Å². The Kier molecular flexibility index (Phi) is 11.7. The molecule has 2 aliphatic carbocycles. The monoisotopic (exact) mass is 1030 g/mol. The van der Waals surface area contributed by atoms with E-state index in [1.54, 1.807) is 0 Å². The van der Waals surface area contributed by atoms with Gasteiger partial charge in [0.25, 0.3) is 6.71 Å². The molecule has 2 atom stereocenters. The van der Waals surface area contributed by atoms with Gasteiger partial charge in [0.15, 0.2) is 0 Å². The third-order valence-corrected chi connectivity index (χ3v) is 20.3. The summed E-state index contributed by atoms with van der Waals surface area (Å²) < 4.78 is 0. The first-order valence-corrected chi connectivity index (χ1v) is 29.8. The molecule has 0 aromatic heterocycles. The molecule has 0 amide bonds. The van der Waals surface area contributed by atoms with Crippen LogP contribution in [0.15, 0.2) is 133 Å². The summed E-state index contributed by atoms with van der Waals surface area (Å²) >= 11 is 0. The summed E-state index contributed by atoms with van der Waals surface area (Å²) in [5.41, 5.74) is 26.7. The average molecular weight is 1030 g/mol. The molecule has 2 unspecified atom stereocenters. The van der Waals surface area contributed by atoms with Gasteiger partial charge in [-0.2, -0.15) is 0 Å². The lowest BCUT2D eigenvalue weighted by Gasteiger charge is -2.51. The highest BCUT2D eigenvalue weighted by Crippen LogP contribution is 2.62. The van der Waals surface area contributed by atoms with Crippen LogP contribution in [0.2, 0.25) is 0 Å². The van der Waals surface area contributed by atoms with Crippen LogP contribution in [0.1, 0.15) is 202 Å². The van der Waals surface area contributed by atoms with Gasteiger partial charge in [0.2, 0.25) is 0 Å². The van der Waals surface area contributed by atoms with Crippen LogP contribution in [0.25, 0.3) is 11.1 Å². The maximum absolute atomic E-state index is 2.81. The van der Waals surface area contributed by atoms with Crippen LogP contribution < -0.4 is 31.1 Å². The van der Waals surface area contributed by atoms with Crippen LogP contribution in [0.3, 0.4) is 0 Å². The predicted octanol–water partition coefficient (Wildman–Crippen LogP) is 18.7. The molecule has 0 N–H and O–H groups in total. The summed E-state index contributed by atoms with van der Waals surface area (Å²) in [6.45, 7) is 43.6. The fraction of sp³-hybridized carbons (Fsp3) is 0.432. The van der Waals surface area contributed by atoms with Crippen molar-refractivity contribution in [1.82, 2.24) is 0 Å². The lowest BCUT2D eigenvalue weighted by molar-refractivity contribution is 0.195. The lowest BCUT2D eigenvalue weighted by atomic mass is 9.33. The Labute approximate surface area is 471 Å². The first-order chi connectivity index (χ1) is 36.4. The maximum atomic E-state index is 2.81. The smallest absolute Gasteiger partial charge is 0.252 e. The molecule has 7 aromatic rings. The van der Waals surface area contributed by atoms with Crippen molar-refractivity contribution in [3.05, 3.63) is 172 Å². The first-order valence-electron chi connectivity index (χ1n) is 29.8. The van der Waals surface area contributed by atoms with Crippen molar-refractivity contribution in [2.75, 3.05) is 14.7 Å². The zero-order chi connectivity index (χ0) is 55.7. The van der Waals surface area contributed by atoms with Crippen LogP contribution in [0.5, 0.6) is 0 Å². The van der Waals surface area contributed by atoms with Gasteiger partial charge in [-0.15, -0.1) is 0 Å². The lowest BCUT2D eigenvalue weighted by Crippen LogP contribution is -2.62. The zero-order valence-electron chi connectivity index (χ0n) is 50.9. The minimum atomic E-state index is -0.151. The molecule has 1 fully saturated rings. The fourth-order valence-corrected chi connectivity index (χ4v) is 14.9. The van der Waals surface area contributed by atoms with Crippen LogP contribution in [-0.2, 0) is 37.9 Å². The number of hydrogen-bond donors (Lipinski definition) is 0. The van der Waals surface area contributed by atoms with Crippen molar-refractivity contribution in [2.45, 2.75) is 207 Å². The molecule has 3 aliphatic heterocycles. The number of anilines is 8. The third kappa shape index (κ3) is 8.01. The van der Waals surface area contributed by atoms with Gasteiger partial charge >= 0.3 is 0 Å². The van der Waals surface area contributed by atoms with E-state index >= 15 is 0 Å². The van der Waals surface area contributed by atoms with Gasteiger partial charge in [-0.3, -0.25) is 0 Å². The quantitative estimate of drug-likeness (QED) is 0.163. The Morgan fingerprint density at radius 3 is 1.53 bits per heavy atom. The molecule has 0 spiro atoms. The third-order valence-electron chi connectivity index (χ3n) is 20.3. The van der Waals surface area contributed by atoms with Crippen molar-refractivity contribution in [2.24, 2.45) is 0 Å². The Morgan fingerprint density at radius 2 is 0.910 bits per heavy atom. The highest BCUT2D eigenvalue weighted by molar-refractivity contribution is 7.00. The standard InChI is InChI=1S/C74H88BN3/c1-67(2,3)48-26-30-52(31-27-48)76-62-44-53(78-61-35-29-50(69(7,8)9)41-57(61)73(17)36-22-23-37-74(73,78)18)32-33-58(62)75-59-45-55-56(72(15,16)39-38-71(55,13)14)46-63(59)77(65-43-51(70(10,11)12)42-64(76)66(65)75)60-34-28-49(68(4,5)6)40-54(60)47-24-20-19-21-25-47/h19-21,24-35,40-46H,22-23,36-39H2,1-18H3. The molecule has 3 nitrogen and oxygen atoms in total. The van der Waals surface area contributed by atoms with Gasteiger partial charge in [-0.05, 0) is 187 Å². The van der Waals surface area contributed by atoms with Gasteiger partial charge in [0.05, 0.1) is 11.2 Å². The molecule has 78 heavy (non-hydrogen) atoms. The second-order valence-electron chi connectivity index (χ2n) is 30.5. The van der Waals surface area contributed by atoms with Crippen LogP contribution >= 0.6 is 0 Å². The Bertz CT molecular complexity index is 3550. The first kappa shape index (κ1) is 52.7. The van der Waals surface area contributed by atoms with E-state index in [4.69, 9.17) is 0 Å². The number of hydrogen-bond acceptors (Lipinski definition) is 3. The van der Waals surface area contributed by atoms with E-state index in [0.717, 1.165) is 19.3 Å². The van der Waals surface area contributed by atoms with Crippen molar-refractivity contribution < 1.29 is 0 Å². The second-order valence-corrected chi connectivity index (χ2v) is 30.5. The summed E-state index contributed by atoms with van der Waals surface area (Å²) in [5.74, 6) is 0. The van der Waals surface area contributed by atoms with Crippen molar-refractivity contribution in [1.29, 1.82) is 0 Å². The van der Waals surface area contributed by atoms with Gasteiger partial charge in [0, 0.05) is 50.8 Å². The minimum Gasteiger partial charge on any atom is -0.334 e. The molecule has 0 bridgehead atoms. The van der Waals surface area contributed by atoms with E-state index in [9.17, 15) is 0 Å². The maximum Gasteiger partial charge on any atom is 0.252 e. The van der Waals surface area contributed by atoms with Gasteiger partial charge in [-0.1, -0.05) is 203 Å². The van der Waals surface area contributed by atoms with E-state index in [2.05, 4.69) is 273 Å². The van der Waals surface area contributed by atoms with Crippen molar-refractivity contribution >= 4 is 68.6 Å². The molecule has 1 saturated carbocycles. The molecular formula is C74H88BN3. The largest absolute Gasteiger partial charge is 0.334 e.